The highest BCUT2D eigenvalue weighted by atomic mass is 32.2. The maximum absolute atomic E-state index is 14.8. The molecule has 1 saturated carbocycles. The maximum Gasteiger partial charge on any atom is 0.425 e. The second-order valence-corrected chi connectivity index (χ2v) is 17.0. The van der Waals surface area contributed by atoms with Crippen molar-refractivity contribution in [3.05, 3.63) is 125 Å². The summed E-state index contributed by atoms with van der Waals surface area (Å²) in [5.41, 5.74) is 3.93. The molecule has 0 bridgehead atoms. The minimum absolute atomic E-state index is 0.122. The van der Waals surface area contributed by atoms with Crippen LogP contribution in [0.4, 0.5) is 0 Å². The highest BCUT2D eigenvalue weighted by molar-refractivity contribution is 7.59. The molecule has 17 heteroatoms. The molecule has 0 unspecified atom stereocenters. The van der Waals surface area contributed by atoms with Gasteiger partial charge >= 0.3 is 10.6 Å². The van der Waals surface area contributed by atoms with E-state index in [-0.39, 0.29) is 24.5 Å². The van der Waals surface area contributed by atoms with Crippen LogP contribution in [0.5, 0.6) is 17.2 Å². The number of ether oxygens (including phenoxy) is 12. The molecule has 2 heterocycles. The van der Waals surface area contributed by atoms with Crippen LogP contribution in [0.3, 0.4) is 0 Å². The summed E-state index contributed by atoms with van der Waals surface area (Å²) in [5.74, 6) is -0.777. The van der Waals surface area contributed by atoms with Gasteiger partial charge in [-0.15, -0.1) is 12.6 Å². The molecular formula is C49H61O16S-. The molecular weight excluding hydrogens is 877 g/mol. The SMILES string of the molecule is COc1ccc(COC[C@H]2[C@H](C[C@H]3O[C@@H](OCc4ccccc4)[C@@H]4O[C@@](C)(OC)[C@](C)(OC)O[C@H]4[C@H]3[O-])C[C@@H](OCc3ccc(OC)cc3)[C@@H]2OCc2ccc(OC)cc2)cc1.O=S(=O)=O. The molecule has 66 heavy (non-hydrogen) atoms. The Balaban J connectivity index is 0.00000173. The number of hydrogen-bond acceptors (Lipinski definition) is 16. The van der Waals surface area contributed by atoms with Crippen LogP contribution in [0.25, 0.3) is 0 Å². The molecule has 3 aliphatic rings. The van der Waals surface area contributed by atoms with Crippen molar-refractivity contribution in [3.63, 3.8) is 0 Å². The lowest BCUT2D eigenvalue weighted by Crippen LogP contribution is -2.74. The zero-order chi connectivity index (χ0) is 47.3. The van der Waals surface area contributed by atoms with E-state index in [9.17, 15) is 5.11 Å². The molecule has 0 aromatic heterocycles. The lowest BCUT2D eigenvalue weighted by atomic mass is 9.85. The standard InChI is InChI=1S/C49H61O13.O3S/c1-48(54-6)49(2,55-7)62-46-45(61-48)43(50)41(60-47(46)59-30-32-11-9-8-10-12-32)25-36-26-42(57-28-34-15-21-38(52-4)22-16-34)44(58-29-35-17-23-39(53-5)24-18-35)40(36)31-56-27-33-13-19-37(51-3)20-14-33;1-4(2)3/h8-24,36,40-47H,25-31H2,1-7H3;/q-1;/t36-,40+,41-,42-,43+,44-,45+,46-,47-,48-,49-;/m1./s1. The maximum atomic E-state index is 14.8. The number of benzene rings is 4. The van der Waals surface area contributed by atoms with Crippen LogP contribution in [-0.2, 0) is 79.7 Å². The van der Waals surface area contributed by atoms with Crippen molar-refractivity contribution in [2.24, 2.45) is 11.8 Å². The third-order valence-corrected chi connectivity index (χ3v) is 12.6. The molecule has 0 amide bonds. The summed E-state index contributed by atoms with van der Waals surface area (Å²) in [6.07, 6.45) is -4.84. The number of hydrogen-bond donors (Lipinski definition) is 0. The molecule has 16 nitrogen and oxygen atoms in total. The van der Waals surface area contributed by atoms with E-state index >= 15 is 0 Å². The smallest absolute Gasteiger partial charge is 0.425 e. The summed E-state index contributed by atoms with van der Waals surface area (Å²) in [7, 11) is 4.84. The minimum atomic E-state index is -3.11. The largest absolute Gasteiger partial charge is 0.848 e. The fourth-order valence-electron chi connectivity index (χ4n) is 8.63. The predicted octanol–water partition coefficient (Wildman–Crippen LogP) is 5.60. The van der Waals surface area contributed by atoms with Gasteiger partial charge in [0, 0.05) is 20.1 Å². The van der Waals surface area contributed by atoms with Crippen molar-refractivity contribution >= 4 is 10.6 Å². The average Bonchev–Trinajstić information content (AvgIpc) is 3.66. The predicted molar refractivity (Wildman–Crippen MR) is 236 cm³/mol. The van der Waals surface area contributed by atoms with Crippen molar-refractivity contribution in [1.29, 1.82) is 0 Å². The second-order valence-electron chi connectivity index (χ2n) is 16.6. The lowest BCUT2D eigenvalue weighted by Gasteiger charge is -2.59. The van der Waals surface area contributed by atoms with Crippen molar-refractivity contribution in [3.8, 4) is 17.2 Å². The Morgan fingerprint density at radius 1 is 0.606 bits per heavy atom. The van der Waals surface area contributed by atoms with Gasteiger partial charge in [0.25, 0.3) is 0 Å². The highest BCUT2D eigenvalue weighted by Gasteiger charge is 2.61. The Morgan fingerprint density at radius 3 is 1.56 bits per heavy atom. The molecule has 11 atom stereocenters. The van der Waals surface area contributed by atoms with Gasteiger partial charge in [0.2, 0.25) is 11.6 Å². The monoisotopic (exact) mass is 937 g/mol. The van der Waals surface area contributed by atoms with E-state index in [2.05, 4.69) is 0 Å². The van der Waals surface area contributed by atoms with E-state index in [0.29, 0.717) is 39.3 Å². The van der Waals surface area contributed by atoms with Crippen molar-refractivity contribution in [2.75, 3.05) is 42.2 Å². The number of rotatable bonds is 20. The molecule has 3 fully saturated rings. The van der Waals surface area contributed by atoms with Gasteiger partial charge in [-0.2, -0.15) is 0 Å². The first-order chi connectivity index (χ1) is 31.8. The lowest BCUT2D eigenvalue weighted by molar-refractivity contribution is -0.543. The quantitative estimate of drug-likeness (QED) is 0.107. The van der Waals surface area contributed by atoms with E-state index in [1.807, 2.05) is 103 Å². The summed E-state index contributed by atoms with van der Waals surface area (Å²) >= 11 is 0. The van der Waals surface area contributed by atoms with E-state index in [1.165, 1.54) is 14.2 Å². The van der Waals surface area contributed by atoms with E-state index in [4.69, 9.17) is 69.5 Å². The summed E-state index contributed by atoms with van der Waals surface area (Å²) in [6.45, 7) is 5.07. The fraction of sp³-hybridized carbons (Fsp3) is 0.510. The molecule has 1 aliphatic carbocycles. The Hall–Kier alpha value is -4.50. The van der Waals surface area contributed by atoms with Gasteiger partial charge in [-0.1, -0.05) is 72.8 Å². The number of fused-ring (bicyclic) bond motifs is 1. The Morgan fingerprint density at radius 2 is 1.06 bits per heavy atom. The van der Waals surface area contributed by atoms with E-state index in [0.717, 1.165) is 39.5 Å². The van der Waals surface area contributed by atoms with Gasteiger partial charge in [-0.25, -0.2) is 0 Å². The number of methoxy groups -OCH3 is 5. The summed E-state index contributed by atoms with van der Waals surface area (Å²) < 4.78 is 99.6. The Kier molecular flexibility index (Phi) is 18.5. The van der Waals surface area contributed by atoms with Crippen molar-refractivity contribution in [2.45, 2.75) is 108 Å². The average molecular weight is 938 g/mol. The van der Waals surface area contributed by atoms with E-state index < -0.39 is 59.0 Å². The minimum Gasteiger partial charge on any atom is -0.848 e. The Labute approximate surface area is 388 Å². The molecule has 0 N–H and O–H groups in total. The van der Waals surface area contributed by atoms with Gasteiger partial charge in [0.15, 0.2) is 6.29 Å². The zero-order valence-electron chi connectivity index (χ0n) is 38.4. The summed E-state index contributed by atoms with van der Waals surface area (Å²) in [4.78, 5) is 0. The fourth-order valence-corrected chi connectivity index (χ4v) is 8.63. The Bertz CT molecular complexity index is 2170. The van der Waals surface area contributed by atoms with Crippen LogP contribution in [0.1, 0.15) is 48.9 Å². The van der Waals surface area contributed by atoms with Crippen LogP contribution < -0.4 is 19.3 Å². The molecule has 2 aliphatic heterocycles. The topological polar surface area (TPSA) is 185 Å². The van der Waals surface area contributed by atoms with Gasteiger partial charge in [-0.05, 0) is 91.3 Å². The molecule has 7 rings (SSSR count). The third kappa shape index (κ3) is 12.9. The van der Waals surface area contributed by atoms with Crippen molar-refractivity contribution in [1.82, 2.24) is 0 Å². The second kappa shape index (κ2) is 24.0. The van der Waals surface area contributed by atoms with Crippen LogP contribution >= 0.6 is 0 Å². The van der Waals surface area contributed by atoms with Gasteiger partial charge in [0.1, 0.15) is 23.4 Å². The van der Waals surface area contributed by atoms with Crippen molar-refractivity contribution < 1.29 is 74.6 Å². The summed E-state index contributed by atoms with van der Waals surface area (Å²) in [6, 6.07) is 33.2. The highest BCUT2D eigenvalue weighted by Crippen LogP contribution is 2.46. The molecule has 0 spiro atoms. The molecule has 4 aromatic carbocycles. The van der Waals surface area contributed by atoms with Gasteiger partial charge < -0.3 is 61.9 Å². The van der Waals surface area contributed by atoms with E-state index in [1.54, 1.807) is 35.2 Å². The van der Waals surface area contributed by atoms with Gasteiger partial charge in [-0.3, -0.25) is 0 Å². The summed E-state index contributed by atoms with van der Waals surface area (Å²) in [5, 5.41) is 14.8. The molecule has 0 radical (unpaired) electrons. The normalized spacial score (nSPS) is 29.2. The third-order valence-electron chi connectivity index (χ3n) is 12.6. The van der Waals surface area contributed by atoms with Gasteiger partial charge in [0.05, 0.1) is 78.8 Å². The first-order valence-electron chi connectivity index (χ1n) is 21.7. The first kappa shape index (κ1) is 50.9. The van der Waals surface area contributed by atoms with Crippen LogP contribution in [-0.4, -0.2) is 109 Å². The first-order valence-corrected chi connectivity index (χ1v) is 22.7. The zero-order valence-corrected chi connectivity index (χ0v) is 39.2. The van der Waals surface area contributed by atoms with Crippen LogP contribution in [0, 0.1) is 11.8 Å². The molecule has 360 valence electrons. The molecule has 4 aromatic rings. The van der Waals surface area contributed by atoms with Crippen LogP contribution in [0.2, 0.25) is 0 Å². The molecule has 2 saturated heterocycles. The van der Waals surface area contributed by atoms with Crippen LogP contribution in [0.15, 0.2) is 103 Å².